The molecule has 0 saturated carbocycles. The Morgan fingerprint density at radius 1 is 1.12 bits per heavy atom. The number of carbonyl (C=O) groups is 4. The third-order valence-corrected chi connectivity index (χ3v) is 6.40. The fraction of sp³-hybridized carbons (Fsp3) is 0.208. The summed E-state index contributed by atoms with van der Waals surface area (Å²) in [6.07, 6.45) is 0. The highest BCUT2D eigenvalue weighted by Gasteiger charge is 2.47. The number of amides is 4. The lowest BCUT2D eigenvalue weighted by Gasteiger charge is -2.29. The van der Waals surface area contributed by atoms with Crippen LogP contribution in [0.4, 0.5) is 9.93 Å². The predicted octanol–water partition coefficient (Wildman–Crippen LogP) is 3.46. The van der Waals surface area contributed by atoms with E-state index in [9.17, 15) is 24.3 Å². The number of urea groups is 1. The predicted molar refractivity (Wildman–Crippen MR) is 126 cm³/mol. The Kier molecular flexibility index (Phi) is 6.42. The average molecular weight is 479 g/mol. The molecule has 0 unspecified atom stereocenters. The molecule has 1 aromatic heterocycles. The van der Waals surface area contributed by atoms with Crippen molar-refractivity contribution in [2.75, 3.05) is 5.32 Å². The maximum atomic E-state index is 13.4. The summed E-state index contributed by atoms with van der Waals surface area (Å²) in [5.74, 6) is -1.93. The van der Waals surface area contributed by atoms with Crippen molar-refractivity contribution in [1.82, 2.24) is 15.2 Å². The maximum Gasteiger partial charge on any atom is 0.325 e. The number of phenols is 1. The lowest BCUT2D eigenvalue weighted by atomic mass is 9.91. The number of aromatic hydroxyl groups is 1. The second kappa shape index (κ2) is 9.44. The Hall–Kier alpha value is -4.05. The zero-order valence-electron chi connectivity index (χ0n) is 18.4. The first-order valence-electron chi connectivity index (χ1n) is 10.5. The van der Waals surface area contributed by atoms with Gasteiger partial charge in [0.1, 0.15) is 23.5 Å². The Morgan fingerprint density at radius 3 is 2.41 bits per heavy atom. The molecule has 4 rings (SSSR count). The van der Waals surface area contributed by atoms with Gasteiger partial charge in [0.15, 0.2) is 10.9 Å². The minimum absolute atomic E-state index is 0.0284. The molecule has 1 aliphatic heterocycles. The molecule has 0 spiro atoms. The SMILES string of the molecule is CC(=O)c1csc(NC(=O)[C@H]([C@@H](C)c2ccccc2)N2C(=O)N[C@H](c3ccc(O)cc3)C2=O)n1. The molecule has 0 radical (unpaired) electrons. The highest BCUT2D eigenvalue weighted by molar-refractivity contribution is 7.14. The van der Waals surface area contributed by atoms with Gasteiger partial charge in [-0.2, -0.15) is 0 Å². The lowest BCUT2D eigenvalue weighted by Crippen LogP contribution is -2.50. The number of benzene rings is 2. The monoisotopic (exact) mass is 478 g/mol. The number of aromatic nitrogens is 1. The normalized spacial score (nSPS) is 17.2. The van der Waals surface area contributed by atoms with E-state index in [1.165, 1.54) is 36.6 Å². The zero-order chi connectivity index (χ0) is 24.4. The summed E-state index contributed by atoms with van der Waals surface area (Å²) in [6.45, 7) is 3.13. The van der Waals surface area contributed by atoms with Gasteiger partial charge >= 0.3 is 6.03 Å². The maximum absolute atomic E-state index is 13.4. The van der Waals surface area contributed by atoms with Gasteiger partial charge in [-0.05, 0) is 23.3 Å². The first-order valence-corrected chi connectivity index (χ1v) is 11.4. The molecule has 34 heavy (non-hydrogen) atoms. The van der Waals surface area contributed by atoms with Crippen molar-refractivity contribution >= 4 is 40.1 Å². The van der Waals surface area contributed by atoms with Crippen LogP contribution in [0, 0.1) is 0 Å². The molecule has 3 aromatic rings. The molecule has 1 saturated heterocycles. The van der Waals surface area contributed by atoms with Gasteiger partial charge in [0.2, 0.25) is 5.91 Å². The van der Waals surface area contributed by atoms with E-state index in [1.54, 1.807) is 6.92 Å². The highest BCUT2D eigenvalue weighted by Crippen LogP contribution is 2.31. The van der Waals surface area contributed by atoms with Crippen LogP contribution in [0.2, 0.25) is 0 Å². The lowest BCUT2D eigenvalue weighted by molar-refractivity contribution is -0.134. The van der Waals surface area contributed by atoms with Gasteiger partial charge in [-0.3, -0.25) is 14.4 Å². The average Bonchev–Trinajstić information content (AvgIpc) is 3.40. The van der Waals surface area contributed by atoms with Crippen molar-refractivity contribution in [3.05, 3.63) is 76.8 Å². The van der Waals surface area contributed by atoms with Crippen LogP contribution in [0.1, 0.15) is 47.4 Å². The molecule has 4 amide bonds. The second-order valence-electron chi connectivity index (χ2n) is 7.91. The zero-order valence-corrected chi connectivity index (χ0v) is 19.2. The smallest absolute Gasteiger partial charge is 0.325 e. The number of thiazole rings is 1. The van der Waals surface area contributed by atoms with E-state index in [-0.39, 0.29) is 22.4 Å². The number of ketones is 1. The van der Waals surface area contributed by atoms with E-state index in [2.05, 4.69) is 15.6 Å². The van der Waals surface area contributed by atoms with Crippen LogP contribution < -0.4 is 10.6 Å². The van der Waals surface area contributed by atoms with Crippen LogP contribution >= 0.6 is 11.3 Å². The first-order chi connectivity index (χ1) is 16.3. The number of phenolic OH excluding ortho intramolecular Hbond substituents is 1. The van der Waals surface area contributed by atoms with E-state index in [0.29, 0.717) is 5.56 Å². The molecule has 9 nitrogen and oxygen atoms in total. The number of hydrogen-bond acceptors (Lipinski definition) is 7. The van der Waals surface area contributed by atoms with Crippen molar-refractivity contribution in [3.8, 4) is 5.75 Å². The van der Waals surface area contributed by atoms with Crippen molar-refractivity contribution in [2.45, 2.75) is 31.8 Å². The number of anilines is 1. The van der Waals surface area contributed by atoms with Crippen molar-refractivity contribution < 1.29 is 24.3 Å². The highest BCUT2D eigenvalue weighted by atomic mass is 32.1. The minimum atomic E-state index is -1.18. The number of carbonyl (C=O) groups excluding carboxylic acids is 4. The third-order valence-electron chi connectivity index (χ3n) is 5.64. The van der Waals surface area contributed by atoms with Gasteiger partial charge in [0.25, 0.3) is 5.91 Å². The topological polar surface area (TPSA) is 129 Å². The number of nitrogens with zero attached hydrogens (tertiary/aromatic N) is 2. The molecule has 174 valence electrons. The molecular weight excluding hydrogens is 456 g/mol. The molecule has 1 aliphatic rings. The molecule has 3 N–H and O–H groups in total. The number of Topliss-reactive ketones (excluding diaryl/α,β-unsaturated/α-hetero) is 1. The standard InChI is InChI=1S/C24H22N4O5S/c1-13(15-6-4-3-5-7-15)20(21(31)27-23-25-18(12-34-23)14(2)29)28-22(32)19(26-24(28)33)16-8-10-17(30)11-9-16/h3-13,19-20,30H,1-2H3,(H,26,33)(H,25,27,31)/t13-,19+,20-/m0/s1. The van der Waals surface area contributed by atoms with Crippen LogP contribution in [0.25, 0.3) is 0 Å². The fourth-order valence-electron chi connectivity index (χ4n) is 3.83. The Balaban J connectivity index is 1.67. The van der Waals surface area contributed by atoms with Gasteiger partial charge in [-0.15, -0.1) is 11.3 Å². The third kappa shape index (κ3) is 4.53. The van der Waals surface area contributed by atoms with Crippen LogP contribution in [-0.4, -0.2) is 44.7 Å². The molecule has 0 bridgehead atoms. The molecule has 2 aromatic carbocycles. The summed E-state index contributed by atoms with van der Waals surface area (Å²) in [6, 6.07) is 12.1. The summed E-state index contributed by atoms with van der Waals surface area (Å²) < 4.78 is 0. The van der Waals surface area contributed by atoms with E-state index >= 15 is 0 Å². The van der Waals surface area contributed by atoms with Crippen LogP contribution in [0.3, 0.4) is 0 Å². The van der Waals surface area contributed by atoms with Crippen molar-refractivity contribution in [2.24, 2.45) is 0 Å². The Labute approximate surface area is 199 Å². The van der Waals surface area contributed by atoms with Crippen LogP contribution in [0.15, 0.2) is 60.0 Å². The van der Waals surface area contributed by atoms with E-state index in [4.69, 9.17) is 0 Å². The Morgan fingerprint density at radius 2 is 1.79 bits per heavy atom. The number of nitrogens with one attached hydrogen (secondary N) is 2. The van der Waals surface area contributed by atoms with E-state index < -0.39 is 35.8 Å². The van der Waals surface area contributed by atoms with Crippen molar-refractivity contribution in [1.29, 1.82) is 0 Å². The summed E-state index contributed by atoms with van der Waals surface area (Å²) in [7, 11) is 0. The van der Waals surface area contributed by atoms with Crippen LogP contribution in [0.5, 0.6) is 5.75 Å². The summed E-state index contributed by atoms with van der Waals surface area (Å²) in [5, 5.41) is 16.6. The van der Waals surface area contributed by atoms with Gasteiger partial charge in [-0.1, -0.05) is 49.4 Å². The number of hydrogen-bond donors (Lipinski definition) is 3. The summed E-state index contributed by atoms with van der Waals surface area (Å²) in [5.41, 5.74) is 1.46. The fourth-order valence-corrected chi connectivity index (χ4v) is 4.58. The molecule has 3 atom stereocenters. The first kappa shape index (κ1) is 23.1. The molecule has 1 fully saturated rings. The Bertz CT molecular complexity index is 1240. The molecule has 2 heterocycles. The van der Waals surface area contributed by atoms with Crippen LogP contribution in [-0.2, 0) is 9.59 Å². The van der Waals surface area contributed by atoms with Gasteiger partial charge in [-0.25, -0.2) is 14.7 Å². The van der Waals surface area contributed by atoms with E-state index in [0.717, 1.165) is 21.8 Å². The summed E-state index contributed by atoms with van der Waals surface area (Å²) >= 11 is 1.08. The molecule has 10 heteroatoms. The largest absolute Gasteiger partial charge is 0.508 e. The van der Waals surface area contributed by atoms with Gasteiger partial charge in [0.05, 0.1) is 0 Å². The number of imide groups is 1. The molecule has 0 aliphatic carbocycles. The molecular formula is C24H22N4O5S. The van der Waals surface area contributed by atoms with E-state index in [1.807, 2.05) is 30.3 Å². The quantitative estimate of drug-likeness (QED) is 0.352. The second-order valence-corrected chi connectivity index (χ2v) is 8.77. The van der Waals surface area contributed by atoms with Gasteiger partial charge < -0.3 is 15.7 Å². The van der Waals surface area contributed by atoms with Gasteiger partial charge in [0, 0.05) is 18.2 Å². The number of rotatable bonds is 7. The summed E-state index contributed by atoms with van der Waals surface area (Å²) in [4.78, 5) is 56.4. The minimum Gasteiger partial charge on any atom is -0.508 e. The van der Waals surface area contributed by atoms with Crippen molar-refractivity contribution in [3.63, 3.8) is 0 Å².